The van der Waals surface area contributed by atoms with Gasteiger partial charge in [0, 0.05) is 37.8 Å². The second-order valence-corrected chi connectivity index (χ2v) is 10.4. The summed E-state index contributed by atoms with van der Waals surface area (Å²) in [6.45, 7) is 14.8. The molecule has 0 bridgehead atoms. The Balaban J connectivity index is 2.10. The van der Waals surface area contributed by atoms with Gasteiger partial charge in [0.2, 0.25) is 5.91 Å². The summed E-state index contributed by atoms with van der Waals surface area (Å²) in [4.78, 5) is 17.5. The van der Waals surface area contributed by atoms with Crippen LogP contribution in [0.5, 0.6) is 5.75 Å². The number of carbonyl (C=O) groups is 1. The van der Waals surface area contributed by atoms with E-state index in [0.29, 0.717) is 31.8 Å². The number of aromatic nitrogens is 2. The van der Waals surface area contributed by atoms with E-state index in [1.54, 1.807) is 0 Å². The number of rotatable bonds is 12. The van der Waals surface area contributed by atoms with Gasteiger partial charge < -0.3 is 14.5 Å². The van der Waals surface area contributed by atoms with Crippen molar-refractivity contribution in [3.63, 3.8) is 0 Å². The van der Waals surface area contributed by atoms with Crippen LogP contribution in [-0.4, -0.2) is 58.3 Å². The van der Waals surface area contributed by atoms with Gasteiger partial charge in [0.15, 0.2) is 0 Å². The van der Waals surface area contributed by atoms with Gasteiger partial charge in [-0.1, -0.05) is 26.0 Å². The Kier molecular flexibility index (Phi) is 9.53. The van der Waals surface area contributed by atoms with Gasteiger partial charge in [-0.25, -0.2) is 0 Å². The number of likely N-dealkylation sites (N-methyl/N-ethyl adjacent to an activating group) is 1. The predicted molar refractivity (Wildman–Crippen MR) is 136 cm³/mol. The van der Waals surface area contributed by atoms with Crippen LogP contribution in [0.2, 0.25) is 0 Å². The molecule has 2 aromatic rings. The van der Waals surface area contributed by atoms with Crippen molar-refractivity contribution in [2.75, 3.05) is 27.2 Å². The van der Waals surface area contributed by atoms with Crippen LogP contribution >= 0.6 is 0 Å². The van der Waals surface area contributed by atoms with E-state index in [4.69, 9.17) is 4.74 Å². The smallest absolute Gasteiger partial charge is 0.223 e. The zero-order valence-corrected chi connectivity index (χ0v) is 22.2. The van der Waals surface area contributed by atoms with Crippen molar-refractivity contribution in [1.82, 2.24) is 19.6 Å². The van der Waals surface area contributed by atoms with Crippen molar-refractivity contribution < 1.29 is 9.53 Å². The maximum Gasteiger partial charge on any atom is 0.223 e. The highest BCUT2D eigenvalue weighted by molar-refractivity contribution is 5.76. The molecule has 0 saturated carbocycles. The second-order valence-electron chi connectivity index (χ2n) is 10.4. The third kappa shape index (κ3) is 7.88. The van der Waals surface area contributed by atoms with Crippen molar-refractivity contribution in [3.8, 4) is 5.75 Å². The van der Waals surface area contributed by atoms with E-state index in [0.717, 1.165) is 35.7 Å². The van der Waals surface area contributed by atoms with Gasteiger partial charge in [-0.15, -0.1) is 0 Å². The number of carbonyl (C=O) groups excluding carboxylic acids is 1. The lowest BCUT2D eigenvalue weighted by molar-refractivity contribution is -0.133. The van der Waals surface area contributed by atoms with Gasteiger partial charge in [-0.3, -0.25) is 9.48 Å². The molecule has 0 aliphatic heterocycles. The minimum atomic E-state index is -0.129. The highest BCUT2D eigenvalue weighted by atomic mass is 16.5. The third-order valence-electron chi connectivity index (χ3n) is 6.65. The van der Waals surface area contributed by atoms with Crippen molar-refractivity contribution in [2.24, 2.45) is 13.0 Å². The Morgan fingerprint density at radius 1 is 1.15 bits per heavy atom. The van der Waals surface area contributed by atoms with Crippen LogP contribution in [0, 0.1) is 19.8 Å². The number of hydrogen-bond acceptors (Lipinski definition) is 4. The Morgan fingerprint density at radius 3 is 2.30 bits per heavy atom. The Hall–Kier alpha value is -2.34. The van der Waals surface area contributed by atoms with Gasteiger partial charge in [-0.05, 0) is 83.8 Å². The fraction of sp³-hybridized carbons (Fsp3) is 0.630. The van der Waals surface area contributed by atoms with Crippen LogP contribution in [0.3, 0.4) is 0 Å². The lowest BCUT2D eigenvalue weighted by Crippen LogP contribution is -2.49. The summed E-state index contributed by atoms with van der Waals surface area (Å²) >= 11 is 0. The van der Waals surface area contributed by atoms with Crippen molar-refractivity contribution in [1.29, 1.82) is 0 Å². The molecule has 0 radical (unpaired) electrons. The molecule has 0 fully saturated rings. The Bertz CT molecular complexity index is 898. The average molecular weight is 457 g/mol. The maximum absolute atomic E-state index is 13.4. The number of benzene rings is 1. The van der Waals surface area contributed by atoms with Crippen molar-refractivity contribution in [3.05, 3.63) is 46.8 Å². The minimum absolute atomic E-state index is 0.129. The van der Waals surface area contributed by atoms with E-state index in [2.05, 4.69) is 70.8 Å². The van der Waals surface area contributed by atoms with Gasteiger partial charge >= 0.3 is 0 Å². The van der Waals surface area contributed by atoms with E-state index in [1.807, 2.05) is 35.7 Å². The highest BCUT2D eigenvalue weighted by Crippen LogP contribution is 2.20. The first-order valence-electron chi connectivity index (χ1n) is 12.1. The zero-order valence-electron chi connectivity index (χ0n) is 22.2. The number of ether oxygens (including phenoxy) is 1. The summed E-state index contributed by atoms with van der Waals surface area (Å²) in [6, 6.07) is 8.17. The molecule has 6 nitrogen and oxygen atoms in total. The SMILES string of the molecule is Cc1nn(C)c(C)c1CCC(=O)N(Cc1ccc(OCCC(C)C)cc1)CC(C)(C)N(C)C. The van der Waals surface area contributed by atoms with E-state index in [-0.39, 0.29) is 11.4 Å². The topological polar surface area (TPSA) is 50.6 Å². The number of hydrogen-bond donors (Lipinski definition) is 0. The Morgan fingerprint density at radius 2 is 1.79 bits per heavy atom. The van der Waals surface area contributed by atoms with Crippen LogP contribution in [0.15, 0.2) is 24.3 Å². The molecule has 33 heavy (non-hydrogen) atoms. The summed E-state index contributed by atoms with van der Waals surface area (Å²) in [5, 5.41) is 4.50. The molecule has 0 atom stereocenters. The van der Waals surface area contributed by atoms with E-state index in [9.17, 15) is 4.79 Å². The predicted octanol–water partition coefficient (Wildman–Crippen LogP) is 4.76. The first-order chi connectivity index (χ1) is 15.4. The van der Waals surface area contributed by atoms with Crippen LogP contribution < -0.4 is 4.74 Å². The molecule has 0 unspecified atom stereocenters. The third-order valence-corrected chi connectivity index (χ3v) is 6.65. The number of nitrogens with zero attached hydrogens (tertiary/aromatic N) is 4. The highest BCUT2D eigenvalue weighted by Gasteiger charge is 2.27. The number of aryl methyl sites for hydroxylation is 2. The summed E-state index contributed by atoms with van der Waals surface area (Å²) in [5.41, 5.74) is 4.31. The quantitative estimate of drug-likeness (QED) is 0.462. The molecule has 0 aliphatic carbocycles. The largest absolute Gasteiger partial charge is 0.494 e. The molecule has 1 heterocycles. The molecule has 2 rings (SSSR count). The minimum Gasteiger partial charge on any atom is -0.494 e. The lowest BCUT2D eigenvalue weighted by Gasteiger charge is -2.38. The lowest BCUT2D eigenvalue weighted by atomic mass is 10.0. The second kappa shape index (κ2) is 11.7. The van der Waals surface area contributed by atoms with E-state index >= 15 is 0 Å². The zero-order chi connectivity index (χ0) is 24.8. The van der Waals surface area contributed by atoms with Gasteiger partial charge in [-0.2, -0.15) is 5.10 Å². The molecule has 184 valence electrons. The Labute approximate surface area is 200 Å². The summed E-state index contributed by atoms with van der Waals surface area (Å²) in [6.07, 6.45) is 2.23. The first kappa shape index (κ1) is 26.9. The molecule has 0 N–H and O–H groups in total. The van der Waals surface area contributed by atoms with Crippen molar-refractivity contribution in [2.45, 2.75) is 72.9 Å². The number of amides is 1. The van der Waals surface area contributed by atoms with Crippen LogP contribution in [0.1, 0.15) is 63.1 Å². The standard InChI is InChI=1S/C27H44N4O2/c1-20(2)16-17-33-24-12-10-23(11-13-24)18-31(19-27(5,6)29(7)8)26(32)15-14-25-21(3)28-30(9)22(25)4/h10-13,20H,14-19H2,1-9H3. The van der Waals surface area contributed by atoms with Crippen LogP contribution in [0.25, 0.3) is 0 Å². The molecule has 0 aliphatic rings. The van der Waals surface area contributed by atoms with Crippen LogP contribution in [0.4, 0.5) is 0 Å². The van der Waals surface area contributed by atoms with Gasteiger partial charge in [0.05, 0.1) is 12.3 Å². The summed E-state index contributed by atoms with van der Waals surface area (Å²) in [5.74, 6) is 1.68. The molecule has 1 aromatic carbocycles. The molecular formula is C27H44N4O2. The van der Waals surface area contributed by atoms with E-state index < -0.39 is 0 Å². The molecule has 0 saturated heterocycles. The molecule has 1 aromatic heterocycles. The maximum atomic E-state index is 13.4. The molecule has 1 amide bonds. The van der Waals surface area contributed by atoms with Gasteiger partial charge in [0.1, 0.15) is 5.75 Å². The van der Waals surface area contributed by atoms with E-state index in [1.165, 1.54) is 5.56 Å². The average Bonchev–Trinajstić information content (AvgIpc) is 2.97. The summed E-state index contributed by atoms with van der Waals surface area (Å²) < 4.78 is 7.75. The normalized spacial score (nSPS) is 12.0. The van der Waals surface area contributed by atoms with Crippen LogP contribution in [-0.2, 0) is 24.8 Å². The first-order valence-corrected chi connectivity index (χ1v) is 12.1. The molecular weight excluding hydrogens is 412 g/mol. The molecule has 0 spiro atoms. The fourth-order valence-corrected chi connectivity index (χ4v) is 3.73. The summed E-state index contributed by atoms with van der Waals surface area (Å²) in [7, 11) is 6.08. The van der Waals surface area contributed by atoms with Crippen molar-refractivity contribution >= 4 is 5.91 Å². The molecule has 6 heteroatoms. The van der Waals surface area contributed by atoms with Gasteiger partial charge in [0.25, 0.3) is 0 Å². The fourth-order valence-electron chi connectivity index (χ4n) is 3.73. The monoisotopic (exact) mass is 456 g/mol.